The molecular weight excluding hydrogens is 300 g/mol. The van der Waals surface area contributed by atoms with Crippen molar-refractivity contribution < 1.29 is 24.1 Å². The Bertz CT molecular complexity index is 391. The molecule has 0 aliphatic carbocycles. The Morgan fingerprint density at radius 3 is 2.74 bits per heavy atom. The van der Waals surface area contributed by atoms with E-state index in [1.54, 1.807) is 7.05 Å². The molecule has 4 unspecified atom stereocenters. The van der Waals surface area contributed by atoms with Gasteiger partial charge in [-0.3, -0.25) is 0 Å². The number of rotatable bonds is 7. The molecule has 23 heavy (non-hydrogen) atoms. The van der Waals surface area contributed by atoms with Gasteiger partial charge >= 0.3 is 0 Å². The molecule has 0 amide bonds. The molecule has 0 saturated carbocycles. The molecule has 0 aromatic rings. The third-order valence-electron chi connectivity index (χ3n) is 4.11. The third-order valence-corrected chi connectivity index (χ3v) is 4.11. The summed E-state index contributed by atoms with van der Waals surface area (Å²) < 4.78 is 22.7. The highest BCUT2D eigenvalue weighted by Crippen LogP contribution is 2.29. The molecule has 134 valence electrons. The molecule has 1 N–H and O–H groups in total. The molecule has 0 spiro atoms. The molecule has 7 heteroatoms. The first-order valence-corrected chi connectivity index (χ1v) is 8.36. The van der Waals surface area contributed by atoms with Crippen molar-refractivity contribution in [3.63, 3.8) is 0 Å². The van der Waals surface area contributed by atoms with Crippen LogP contribution in [0.2, 0.25) is 0 Å². The maximum atomic E-state index is 9.76. The number of nitrogens with zero attached hydrogens (tertiary/aromatic N) is 2. The zero-order chi connectivity index (χ0) is 16.8. The molecular formula is C16H30N2O5. The van der Waals surface area contributed by atoms with Gasteiger partial charge < -0.3 is 29.0 Å². The minimum atomic E-state index is -0.572. The summed E-state index contributed by atoms with van der Waals surface area (Å²) in [5.74, 6) is 0.699. The van der Waals surface area contributed by atoms with Crippen molar-refractivity contribution in [2.45, 2.75) is 51.1 Å². The molecule has 2 saturated heterocycles. The minimum absolute atomic E-state index is 0.234. The van der Waals surface area contributed by atoms with Gasteiger partial charge in [-0.1, -0.05) is 13.8 Å². The van der Waals surface area contributed by atoms with E-state index in [0.717, 1.165) is 19.4 Å². The lowest BCUT2D eigenvalue weighted by Gasteiger charge is -2.25. The largest absolute Gasteiger partial charge is 0.456 e. The summed E-state index contributed by atoms with van der Waals surface area (Å²) in [7, 11) is 3.56. The van der Waals surface area contributed by atoms with Gasteiger partial charge in [-0.15, -0.1) is 0 Å². The molecule has 2 rings (SSSR count). The molecule has 2 aliphatic rings. The van der Waals surface area contributed by atoms with E-state index in [-0.39, 0.29) is 18.3 Å². The summed E-state index contributed by atoms with van der Waals surface area (Å²) in [5.41, 5.74) is 0. The van der Waals surface area contributed by atoms with Crippen LogP contribution in [0, 0.1) is 5.92 Å². The fourth-order valence-corrected chi connectivity index (χ4v) is 2.84. The molecule has 2 fully saturated rings. The van der Waals surface area contributed by atoms with Gasteiger partial charge in [0.15, 0.2) is 6.10 Å². The van der Waals surface area contributed by atoms with Crippen LogP contribution in [-0.2, 0) is 18.9 Å². The van der Waals surface area contributed by atoms with Gasteiger partial charge in [-0.05, 0) is 18.8 Å². The number of aliphatic imine (C=N–C) groups is 1. The van der Waals surface area contributed by atoms with Crippen LogP contribution >= 0.6 is 0 Å². The highest BCUT2D eigenvalue weighted by atomic mass is 16.6. The van der Waals surface area contributed by atoms with Gasteiger partial charge in [0.25, 0.3) is 6.02 Å². The van der Waals surface area contributed by atoms with Crippen LogP contribution in [0.1, 0.15) is 26.7 Å². The number of hydrogen-bond acceptors (Lipinski definition) is 6. The Hall–Kier alpha value is -0.890. The minimum Gasteiger partial charge on any atom is -0.456 e. The number of aliphatic hydroxyl groups excluding tert-OH is 1. The van der Waals surface area contributed by atoms with Crippen molar-refractivity contribution in [1.82, 2.24) is 4.90 Å². The van der Waals surface area contributed by atoms with Crippen LogP contribution in [-0.4, -0.2) is 81.1 Å². The van der Waals surface area contributed by atoms with Gasteiger partial charge in [0, 0.05) is 20.7 Å². The predicted octanol–water partition coefficient (Wildman–Crippen LogP) is 0.858. The Balaban J connectivity index is 1.72. The van der Waals surface area contributed by atoms with Crippen LogP contribution in [0.3, 0.4) is 0 Å². The zero-order valence-electron chi connectivity index (χ0n) is 14.6. The van der Waals surface area contributed by atoms with Crippen molar-refractivity contribution in [1.29, 1.82) is 0 Å². The van der Waals surface area contributed by atoms with E-state index in [4.69, 9.17) is 18.9 Å². The van der Waals surface area contributed by atoms with Crippen molar-refractivity contribution >= 4 is 6.02 Å². The van der Waals surface area contributed by atoms with E-state index in [1.807, 2.05) is 11.9 Å². The topological polar surface area (TPSA) is 72.8 Å². The molecule has 0 radical (unpaired) electrons. The van der Waals surface area contributed by atoms with Crippen LogP contribution < -0.4 is 0 Å². The molecule has 0 bridgehead atoms. The standard InChI is InChI=1S/C16H30N2O5/c1-11(2)6-5-7-20-10-18(4)16(17-3)23-13-9-22-14-12(19)8-21-15(13)14/h11-15,19H,5-10H2,1-4H3. The predicted molar refractivity (Wildman–Crippen MR) is 86.4 cm³/mol. The Morgan fingerprint density at radius 2 is 2.04 bits per heavy atom. The van der Waals surface area contributed by atoms with Gasteiger partial charge in [0.1, 0.15) is 25.0 Å². The van der Waals surface area contributed by atoms with Crippen LogP contribution in [0.15, 0.2) is 4.99 Å². The molecule has 0 aromatic heterocycles. The van der Waals surface area contributed by atoms with E-state index in [0.29, 0.717) is 31.9 Å². The first-order chi connectivity index (χ1) is 11.0. The second-order valence-electron chi connectivity index (χ2n) is 6.60. The van der Waals surface area contributed by atoms with Gasteiger partial charge in [-0.2, -0.15) is 0 Å². The normalized spacial score (nSPS) is 30.8. The molecule has 2 aliphatic heterocycles. The summed E-state index contributed by atoms with van der Waals surface area (Å²) in [4.78, 5) is 6.01. The third kappa shape index (κ3) is 5.04. The fourth-order valence-electron chi connectivity index (χ4n) is 2.84. The summed E-state index contributed by atoms with van der Waals surface area (Å²) in [6.07, 6.45) is 0.864. The van der Waals surface area contributed by atoms with Gasteiger partial charge in [0.05, 0.1) is 13.2 Å². The fraction of sp³-hybridized carbons (Fsp3) is 0.938. The number of amidine groups is 1. The summed E-state index contributed by atoms with van der Waals surface area (Å²) in [6.45, 7) is 6.26. The number of aliphatic hydroxyl groups is 1. The monoisotopic (exact) mass is 330 g/mol. The molecule has 0 aromatic carbocycles. The van der Waals surface area contributed by atoms with Crippen molar-refractivity contribution in [2.24, 2.45) is 10.9 Å². The van der Waals surface area contributed by atoms with Gasteiger partial charge in [-0.25, -0.2) is 4.99 Å². The SMILES string of the molecule is CN=C(OC1COC2C(O)COC12)N(C)COCCCC(C)C. The average molecular weight is 330 g/mol. The van der Waals surface area contributed by atoms with Crippen LogP contribution in [0.4, 0.5) is 0 Å². The van der Waals surface area contributed by atoms with Crippen LogP contribution in [0.25, 0.3) is 0 Å². The maximum absolute atomic E-state index is 9.76. The first kappa shape index (κ1) is 18.4. The highest BCUT2D eigenvalue weighted by Gasteiger charge is 2.48. The summed E-state index contributed by atoms with van der Waals surface area (Å²) >= 11 is 0. The zero-order valence-corrected chi connectivity index (χ0v) is 14.6. The van der Waals surface area contributed by atoms with E-state index in [1.165, 1.54) is 0 Å². The quantitative estimate of drug-likeness (QED) is 0.323. The number of fused-ring (bicyclic) bond motifs is 1. The van der Waals surface area contributed by atoms with Gasteiger partial charge in [0.2, 0.25) is 0 Å². The Morgan fingerprint density at radius 1 is 1.30 bits per heavy atom. The second kappa shape index (κ2) is 8.82. The van der Waals surface area contributed by atoms with Crippen molar-refractivity contribution in [2.75, 3.05) is 40.6 Å². The van der Waals surface area contributed by atoms with Crippen LogP contribution in [0.5, 0.6) is 0 Å². The molecule has 7 nitrogen and oxygen atoms in total. The van der Waals surface area contributed by atoms with E-state index >= 15 is 0 Å². The summed E-state index contributed by atoms with van der Waals surface area (Å²) in [6, 6.07) is 0.494. The van der Waals surface area contributed by atoms with E-state index in [9.17, 15) is 5.11 Å². The van der Waals surface area contributed by atoms with Crippen molar-refractivity contribution in [3.8, 4) is 0 Å². The second-order valence-corrected chi connectivity index (χ2v) is 6.60. The Labute approximate surface area is 138 Å². The first-order valence-electron chi connectivity index (χ1n) is 8.36. The van der Waals surface area contributed by atoms with E-state index in [2.05, 4.69) is 18.8 Å². The molecule has 4 atom stereocenters. The average Bonchev–Trinajstić information content (AvgIpc) is 3.07. The lowest BCUT2D eigenvalue weighted by molar-refractivity contribution is -0.00511. The maximum Gasteiger partial charge on any atom is 0.289 e. The Kier molecular flexibility index (Phi) is 7.08. The smallest absolute Gasteiger partial charge is 0.289 e. The molecule has 2 heterocycles. The lowest BCUT2D eigenvalue weighted by Crippen LogP contribution is -2.39. The highest BCUT2D eigenvalue weighted by molar-refractivity contribution is 5.73. The van der Waals surface area contributed by atoms with Crippen molar-refractivity contribution in [3.05, 3.63) is 0 Å². The van der Waals surface area contributed by atoms with E-state index < -0.39 is 6.10 Å². The lowest BCUT2D eigenvalue weighted by atomic mass is 10.1. The number of hydrogen-bond donors (Lipinski definition) is 1. The summed E-state index contributed by atoms with van der Waals surface area (Å²) in [5, 5.41) is 9.76. The number of ether oxygens (including phenoxy) is 4.